The Morgan fingerprint density at radius 3 is 2.79 bits per heavy atom. The lowest BCUT2D eigenvalue weighted by atomic mass is 10.0. The van der Waals surface area contributed by atoms with Gasteiger partial charge >= 0.3 is 0 Å². The van der Waals surface area contributed by atoms with Crippen LogP contribution in [0.4, 0.5) is 0 Å². The van der Waals surface area contributed by atoms with Crippen LogP contribution in [0.5, 0.6) is 0 Å². The summed E-state index contributed by atoms with van der Waals surface area (Å²) in [6, 6.07) is 5.72. The molecule has 0 saturated carbocycles. The topological polar surface area (TPSA) is 29.9 Å². The van der Waals surface area contributed by atoms with Crippen molar-refractivity contribution >= 4 is 23.2 Å². The summed E-state index contributed by atoms with van der Waals surface area (Å²) in [6.45, 7) is 3.02. The Kier molecular flexibility index (Phi) is 4.86. The molecule has 0 aliphatic carbocycles. The Morgan fingerprint density at radius 1 is 1.37 bits per heavy atom. The van der Waals surface area contributed by atoms with Crippen LogP contribution >= 0.6 is 23.2 Å². The Hall–Kier alpha value is -1.03. The van der Waals surface area contributed by atoms with Gasteiger partial charge in [-0.2, -0.15) is 0 Å². The first-order valence-electron chi connectivity index (χ1n) is 6.28. The molecule has 2 aromatic rings. The second kappa shape index (κ2) is 6.42. The standard InChI is InChI=1S/C14H17Cl2N3/c1-3-19-7-6-18-14(19)9-13(17-2)11-5-4-10(15)8-12(11)16/h4-8,13,17H,3,9H2,1-2H3. The predicted molar refractivity (Wildman–Crippen MR) is 79.9 cm³/mol. The second-order valence-electron chi connectivity index (χ2n) is 4.34. The van der Waals surface area contributed by atoms with Crippen LogP contribution in [0.15, 0.2) is 30.6 Å². The van der Waals surface area contributed by atoms with E-state index in [0.717, 1.165) is 24.4 Å². The average Bonchev–Trinajstić information content (AvgIpc) is 2.84. The van der Waals surface area contributed by atoms with Crippen molar-refractivity contribution in [3.8, 4) is 0 Å². The summed E-state index contributed by atoms with van der Waals surface area (Å²) >= 11 is 12.2. The van der Waals surface area contributed by atoms with Gasteiger partial charge in [0.05, 0.1) is 0 Å². The molecule has 2 rings (SSSR count). The van der Waals surface area contributed by atoms with Crippen LogP contribution in [0.2, 0.25) is 10.0 Å². The van der Waals surface area contributed by atoms with Crippen LogP contribution in [-0.2, 0) is 13.0 Å². The second-order valence-corrected chi connectivity index (χ2v) is 5.18. The van der Waals surface area contributed by atoms with Crippen LogP contribution in [0.25, 0.3) is 0 Å². The van der Waals surface area contributed by atoms with Crippen LogP contribution < -0.4 is 5.32 Å². The van der Waals surface area contributed by atoms with E-state index in [1.807, 2.05) is 31.6 Å². The zero-order chi connectivity index (χ0) is 13.8. The highest BCUT2D eigenvalue weighted by molar-refractivity contribution is 6.35. The highest BCUT2D eigenvalue weighted by atomic mass is 35.5. The SMILES string of the molecule is CCn1ccnc1CC(NC)c1ccc(Cl)cc1Cl. The van der Waals surface area contributed by atoms with Crippen molar-refractivity contribution < 1.29 is 0 Å². The molecule has 0 radical (unpaired) electrons. The molecule has 0 aliphatic heterocycles. The van der Waals surface area contributed by atoms with E-state index in [1.54, 1.807) is 6.07 Å². The van der Waals surface area contributed by atoms with Crippen molar-refractivity contribution in [3.05, 3.63) is 52.0 Å². The van der Waals surface area contributed by atoms with E-state index in [1.165, 1.54) is 0 Å². The molecule has 1 unspecified atom stereocenters. The molecule has 1 aromatic heterocycles. The molecule has 1 atom stereocenters. The number of nitrogens with zero attached hydrogens (tertiary/aromatic N) is 2. The monoisotopic (exact) mass is 297 g/mol. The molecule has 102 valence electrons. The van der Waals surface area contributed by atoms with Gasteiger partial charge in [0.25, 0.3) is 0 Å². The number of aromatic nitrogens is 2. The molecule has 0 saturated heterocycles. The van der Waals surface area contributed by atoms with Crippen molar-refractivity contribution in [1.82, 2.24) is 14.9 Å². The first-order chi connectivity index (χ1) is 9.15. The molecule has 0 spiro atoms. The number of aryl methyl sites for hydroxylation is 1. The predicted octanol–water partition coefficient (Wildman–Crippen LogP) is 3.71. The van der Waals surface area contributed by atoms with Gasteiger partial charge in [-0.25, -0.2) is 4.98 Å². The largest absolute Gasteiger partial charge is 0.335 e. The maximum Gasteiger partial charge on any atom is 0.110 e. The van der Waals surface area contributed by atoms with Crippen LogP contribution in [0.1, 0.15) is 24.4 Å². The molecule has 1 aromatic carbocycles. The molecule has 0 aliphatic rings. The Bertz CT molecular complexity index is 551. The van der Waals surface area contributed by atoms with Crippen molar-refractivity contribution in [2.75, 3.05) is 7.05 Å². The average molecular weight is 298 g/mol. The molecule has 1 N–H and O–H groups in total. The summed E-state index contributed by atoms with van der Waals surface area (Å²) in [4.78, 5) is 4.40. The highest BCUT2D eigenvalue weighted by Gasteiger charge is 2.16. The summed E-state index contributed by atoms with van der Waals surface area (Å²) in [6.07, 6.45) is 4.61. The summed E-state index contributed by atoms with van der Waals surface area (Å²) in [5.41, 5.74) is 1.04. The van der Waals surface area contributed by atoms with Gasteiger partial charge < -0.3 is 9.88 Å². The van der Waals surface area contributed by atoms with E-state index in [2.05, 4.69) is 21.8 Å². The molecule has 1 heterocycles. The molecule has 0 bridgehead atoms. The number of halogens is 2. The Labute approximate surface area is 123 Å². The van der Waals surface area contributed by atoms with E-state index in [0.29, 0.717) is 10.0 Å². The number of imidazole rings is 1. The van der Waals surface area contributed by atoms with Gasteiger partial charge in [0, 0.05) is 41.4 Å². The maximum absolute atomic E-state index is 6.27. The molecular formula is C14H17Cl2N3. The van der Waals surface area contributed by atoms with E-state index in [4.69, 9.17) is 23.2 Å². The summed E-state index contributed by atoms with van der Waals surface area (Å²) in [7, 11) is 1.93. The number of likely N-dealkylation sites (N-methyl/N-ethyl adjacent to an activating group) is 1. The van der Waals surface area contributed by atoms with Crippen molar-refractivity contribution in [3.63, 3.8) is 0 Å². The minimum Gasteiger partial charge on any atom is -0.335 e. The third kappa shape index (κ3) is 3.30. The highest BCUT2D eigenvalue weighted by Crippen LogP contribution is 2.28. The normalized spacial score (nSPS) is 12.6. The molecule has 0 amide bonds. The van der Waals surface area contributed by atoms with Crippen LogP contribution in [-0.4, -0.2) is 16.6 Å². The summed E-state index contributed by atoms with van der Waals surface area (Å²) in [5, 5.41) is 4.62. The van der Waals surface area contributed by atoms with Gasteiger partial charge in [0.1, 0.15) is 5.82 Å². The van der Waals surface area contributed by atoms with Crippen molar-refractivity contribution in [2.24, 2.45) is 0 Å². The summed E-state index contributed by atoms with van der Waals surface area (Å²) in [5.74, 6) is 1.05. The van der Waals surface area contributed by atoms with Gasteiger partial charge in [-0.05, 0) is 31.7 Å². The van der Waals surface area contributed by atoms with Gasteiger partial charge in [-0.1, -0.05) is 29.3 Å². The number of hydrogen-bond acceptors (Lipinski definition) is 2. The minimum atomic E-state index is 0.123. The third-order valence-corrected chi connectivity index (χ3v) is 3.78. The van der Waals surface area contributed by atoms with Crippen LogP contribution in [0.3, 0.4) is 0 Å². The Morgan fingerprint density at radius 2 is 2.16 bits per heavy atom. The number of nitrogens with one attached hydrogen (secondary N) is 1. The van der Waals surface area contributed by atoms with Gasteiger partial charge in [0.15, 0.2) is 0 Å². The zero-order valence-corrected chi connectivity index (χ0v) is 12.5. The fourth-order valence-corrected chi connectivity index (χ4v) is 2.69. The third-order valence-electron chi connectivity index (χ3n) is 3.22. The molecule has 5 heteroatoms. The molecule has 19 heavy (non-hydrogen) atoms. The van der Waals surface area contributed by atoms with Crippen molar-refractivity contribution in [1.29, 1.82) is 0 Å². The van der Waals surface area contributed by atoms with Crippen molar-refractivity contribution in [2.45, 2.75) is 25.9 Å². The number of rotatable bonds is 5. The van der Waals surface area contributed by atoms with Crippen LogP contribution in [0, 0.1) is 0 Å². The zero-order valence-electron chi connectivity index (χ0n) is 11.0. The first kappa shape index (κ1) is 14.4. The maximum atomic E-state index is 6.27. The lowest BCUT2D eigenvalue weighted by Crippen LogP contribution is -2.21. The van der Waals surface area contributed by atoms with Gasteiger partial charge in [0.2, 0.25) is 0 Å². The minimum absolute atomic E-state index is 0.123. The fourth-order valence-electron chi connectivity index (χ4n) is 2.15. The molecule has 3 nitrogen and oxygen atoms in total. The molecule has 0 fully saturated rings. The lowest BCUT2D eigenvalue weighted by molar-refractivity contribution is 0.553. The van der Waals surface area contributed by atoms with E-state index in [9.17, 15) is 0 Å². The smallest absolute Gasteiger partial charge is 0.110 e. The molecular weight excluding hydrogens is 281 g/mol. The number of hydrogen-bond donors (Lipinski definition) is 1. The van der Waals surface area contributed by atoms with Gasteiger partial charge in [-0.3, -0.25) is 0 Å². The summed E-state index contributed by atoms with van der Waals surface area (Å²) < 4.78 is 2.13. The van der Waals surface area contributed by atoms with E-state index >= 15 is 0 Å². The quantitative estimate of drug-likeness (QED) is 0.912. The van der Waals surface area contributed by atoms with E-state index in [-0.39, 0.29) is 6.04 Å². The first-order valence-corrected chi connectivity index (χ1v) is 7.03. The van der Waals surface area contributed by atoms with Gasteiger partial charge in [-0.15, -0.1) is 0 Å². The fraction of sp³-hybridized carbons (Fsp3) is 0.357. The lowest BCUT2D eigenvalue weighted by Gasteiger charge is -2.18. The van der Waals surface area contributed by atoms with E-state index < -0.39 is 0 Å². The Balaban J connectivity index is 2.25. The number of benzene rings is 1.